The number of halogens is 2. The summed E-state index contributed by atoms with van der Waals surface area (Å²) in [4.78, 5) is 28.8. The maximum absolute atomic E-state index is 12.3. The topological polar surface area (TPSA) is 65.0 Å². The van der Waals surface area contributed by atoms with Crippen molar-refractivity contribution in [3.63, 3.8) is 0 Å². The Kier molecular flexibility index (Phi) is 6.50. The number of para-hydroxylation sites is 1. The average Bonchev–Trinajstić information content (AvgIpc) is 3.15. The second-order valence-electron chi connectivity index (χ2n) is 6.69. The molecule has 0 fully saturated rings. The van der Waals surface area contributed by atoms with Gasteiger partial charge in [-0.1, -0.05) is 53.5 Å². The van der Waals surface area contributed by atoms with Gasteiger partial charge in [-0.15, -0.1) is 0 Å². The van der Waals surface area contributed by atoms with Crippen molar-refractivity contribution >= 4 is 53.2 Å². The van der Waals surface area contributed by atoms with Crippen molar-refractivity contribution in [1.29, 1.82) is 0 Å². The summed E-state index contributed by atoms with van der Waals surface area (Å²) in [5, 5.41) is 1.18. The zero-order valence-corrected chi connectivity index (χ0v) is 18.0. The van der Waals surface area contributed by atoms with Gasteiger partial charge in [-0.25, -0.2) is 14.6 Å². The summed E-state index contributed by atoms with van der Waals surface area (Å²) in [5.74, 6) is -0.698. The third-order valence-corrected chi connectivity index (χ3v) is 4.92. The van der Waals surface area contributed by atoms with E-state index in [9.17, 15) is 9.59 Å². The van der Waals surface area contributed by atoms with Crippen LogP contribution in [0.2, 0.25) is 10.0 Å². The van der Waals surface area contributed by atoms with Crippen LogP contribution in [0.3, 0.4) is 0 Å². The lowest BCUT2D eigenvalue weighted by atomic mass is 10.1. The Morgan fingerprint density at radius 1 is 0.906 bits per heavy atom. The van der Waals surface area contributed by atoms with E-state index in [4.69, 9.17) is 32.7 Å². The number of benzene rings is 3. The Hall–Kier alpha value is -3.67. The van der Waals surface area contributed by atoms with Gasteiger partial charge in [-0.05, 0) is 60.2 Å². The third-order valence-electron chi connectivity index (χ3n) is 4.42. The molecule has 0 aromatic heterocycles. The van der Waals surface area contributed by atoms with E-state index >= 15 is 0 Å². The number of aliphatic imine (C=N–C) groups is 1. The standard InChI is InChI=1S/C25H15Cl2NO4/c26-19-10-5-16(6-11-19)7-14-23(29)31-22-4-2-1-3-18(22)15-21-25(30)32-24(28-21)17-8-12-20(27)13-9-17/h1-15H/b14-7+,21-15-. The highest BCUT2D eigenvalue weighted by Gasteiger charge is 2.24. The molecule has 4 rings (SSSR count). The first kappa shape index (κ1) is 21.6. The predicted molar refractivity (Wildman–Crippen MR) is 125 cm³/mol. The first-order valence-corrected chi connectivity index (χ1v) is 10.3. The molecule has 0 N–H and O–H groups in total. The fourth-order valence-electron chi connectivity index (χ4n) is 2.85. The molecule has 1 heterocycles. The number of nitrogens with zero attached hydrogens (tertiary/aromatic N) is 1. The first-order valence-electron chi connectivity index (χ1n) is 9.51. The Balaban J connectivity index is 1.53. The molecule has 1 aliphatic heterocycles. The number of esters is 2. The zero-order chi connectivity index (χ0) is 22.5. The highest BCUT2D eigenvalue weighted by molar-refractivity contribution is 6.31. The molecule has 0 unspecified atom stereocenters. The summed E-state index contributed by atoms with van der Waals surface area (Å²) in [6, 6.07) is 20.6. The van der Waals surface area contributed by atoms with Crippen LogP contribution >= 0.6 is 23.2 Å². The minimum Gasteiger partial charge on any atom is -0.423 e. The molecule has 0 bridgehead atoms. The molecule has 0 amide bonds. The van der Waals surface area contributed by atoms with E-state index in [-0.39, 0.29) is 17.3 Å². The summed E-state index contributed by atoms with van der Waals surface area (Å²) in [7, 11) is 0. The highest BCUT2D eigenvalue weighted by Crippen LogP contribution is 2.25. The minimum atomic E-state index is -0.598. The zero-order valence-electron chi connectivity index (χ0n) is 16.5. The molecule has 1 aliphatic rings. The summed E-state index contributed by atoms with van der Waals surface area (Å²) >= 11 is 11.8. The van der Waals surface area contributed by atoms with Gasteiger partial charge in [-0.3, -0.25) is 0 Å². The number of hydrogen-bond acceptors (Lipinski definition) is 5. The Bertz CT molecular complexity index is 1260. The third kappa shape index (κ3) is 5.32. The van der Waals surface area contributed by atoms with E-state index in [1.54, 1.807) is 78.9 Å². The fourth-order valence-corrected chi connectivity index (χ4v) is 3.10. The number of carbonyl (C=O) groups excluding carboxylic acids is 2. The van der Waals surface area contributed by atoms with Gasteiger partial charge in [0.2, 0.25) is 5.90 Å². The van der Waals surface area contributed by atoms with E-state index in [0.29, 0.717) is 21.2 Å². The molecule has 32 heavy (non-hydrogen) atoms. The van der Waals surface area contributed by atoms with E-state index in [2.05, 4.69) is 4.99 Å². The van der Waals surface area contributed by atoms with E-state index in [1.807, 2.05) is 0 Å². The lowest BCUT2D eigenvalue weighted by Crippen LogP contribution is -2.06. The maximum Gasteiger partial charge on any atom is 0.363 e. The normalized spacial score (nSPS) is 14.5. The first-order chi connectivity index (χ1) is 15.5. The molecule has 0 atom stereocenters. The SMILES string of the molecule is O=C(/C=C/c1ccc(Cl)cc1)Oc1ccccc1/C=C1\N=C(c2ccc(Cl)cc2)OC1=O. The molecule has 3 aromatic rings. The monoisotopic (exact) mass is 463 g/mol. The quantitative estimate of drug-likeness (QED) is 0.266. The summed E-state index contributed by atoms with van der Waals surface area (Å²) in [6.07, 6.45) is 4.45. The van der Waals surface area contributed by atoms with Gasteiger partial charge in [0.25, 0.3) is 0 Å². The smallest absolute Gasteiger partial charge is 0.363 e. The van der Waals surface area contributed by atoms with Gasteiger partial charge in [0.1, 0.15) is 5.75 Å². The van der Waals surface area contributed by atoms with Gasteiger partial charge in [-0.2, -0.15) is 0 Å². The second kappa shape index (κ2) is 9.64. The molecule has 0 saturated carbocycles. The highest BCUT2D eigenvalue weighted by atomic mass is 35.5. The van der Waals surface area contributed by atoms with Gasteiger partial charge in [0, 0.05) is 27.2 Å². The molecule has 0 saturated heterocycles. The molecule has 3 aromatic carbocycles. The van der Waals surface area contributed by atoms with Gasteiger partial charge < -0.3 is 9.47 Å². The second-order valence-corrected chi connectivity index (χ2v) is 7.56. The van der Waals surface area contributed by atoms with Crippen LogP contribution in [0.1, 0.15) is 16.7 Å². The molecule has 158 valence electrons. The Morgan fingerprint density at radius 3 is 2.28 bits per heavy atom. The van der Waals surface area contributed by atoms with Crippen molar-refractivity contribution in [3.05, 3.63) is 111 Å². The Labute approximate surface area is 194 Å². The van der Waals surface area contributed by atoms with Crippen LogP contribution < -0.4 is 4.74 Å². The summed E-state index contributed by atoms with van der Waals surface area (Å²) in [5.41, 5.74) is 2.03. The van der Waals surface area contributed by atoms with Crippen LogP contribution in [0.5, 0.6) is 5.75 Å². The molecule has 0 aliphatic carbocycles. The lowest BCUT2D eigenvalue weighted by Gasteiger charge is -2.05. The molecular weight excluding hydrogens is 449 g/mol. The Morgan fingerprint density at radius 2 is 1.56 bits per heavy atom. The van der Waals surface area contributed by atoms with Gasteiger partial charge in [0.15, 0.2) is 5.70 Å². The van der Waals surface area contributed by atoms with Crippen molar-refractivity contribution in [2.24, 2.45) is 4.99 Å². The predicted octanol–water partition coefficient (Wildman–Crippen LogP) is 5.96. The van der Waals surface area contributed by atoms with Crippen LogP contribution in [0.25, 0.3) is 12.2 Å². The fraction of sp³-hybridized carbons (Fsp3) is 0. The van der Waals surface area contributed by atoms with Crippen molar-refractivity contribution in [2.45, 2.75) is 0 Å². The van der Waals surface area contributed by atoms with Crippen molar-refractivity contribution < 1.29 is 19.1 Å². The largest absolute Gasteiger partial charge is 0.423 e. The molecule has 0 spiro atoms. The van der Waals surface area contributed by atoms with E-state index < -0.39 is 11.9 Å². The average molecular weight is 464 g/mol. The number of ether oxygens (including phenoxy) is 2. The summed E-state index contributed by atoms with van der Waals surface area (Å²) in [6.45, 7) is 0. The van der Waals surface area contributed by atoms with Crippen LogP contribution in [0, 0.1) is 0 Å². The van der Waals surface area contributed by atoms with E-state index in [0.717, 1.165) is 5.56 Å². The van der Waals surface area contributed by atoms with Gasteiger partial charge in [0.05, 0.1) is 0 Å². The maximum atomic E-state index is 12.3. The van der Waals surface area contributed by atoms with Crippen LogP contribution in [0.15, 0.2) is 89.6 Å². The number of carbonyl (C=O) groups is 2. The minimum absolute atomic E-state index is 0.0927. The molecule has 0 radical (unpaired) electrons. The molecular formula is C25H15Cl2NO4. The lowest BCUT2D eigenvalue weighted by molar-refractivity contribution is -0.130. The molecule has 7 heteroatoms. The van der Waals surface area contributed by atoms with Crippen LogP contribution in [-0.2, 0) is 14.3 Å². The van der Waals surface area contributed by atoms with Gasteiger partial charge >= 0.3 is 11.9 Å². The van der Waals surface area contributed by atoms with Crippen molar-refractivity contribution in [3.8, 4) is 5.75 Å². The van der Waals surface area contributed by atoms with Crippen LogP contribution in [-0.4, -0.2) is 17.8 Å². The van der Waals surface area contributed by atoms with E-state index in [1.165, 1.54) is 12.2 Å². The number of hydrogen-bond donors (Lipinski definition) is 0. The van der Waals surface area contributed by atoms with Crippen molar-refractivity contribution in [2.75, 3.05) is 0 Å². The van der Waals surface area contributed by atoms with Crippen molar-refractivity contribution in [1.82, 2.24) is 0 Å². The number of cyclic esters (lactones) is 1. The summed E-state index contributed by atoms with van der Waals surface area (Å²) < 4.78 is 10.7. The molecule has 5 nitrogen and oxygen atoms in total. The van der Waals surface area contributed by atoms with Crippen LogP contribution in [0.4, 0.5) is 0 Å². The number of rotatable bonds is 5.